The highest BCUT2D eigenvalue weighted by Crippen LogP contribution is 2.32. The van der Waals surface area contributed by atoms with Gasteiger partial charge in [-0.2, -0.15) is 0 Å². The van der Waals surface area contributed by atoms with Crippen molar-refractivity contribution >= 4 is 27.4 Å². The van der Waals surface area contributed by atoms with E-state index in [4.69, 9.17) is 4.74 Å². The van der Waals surface area contributed by atoms with Crippen LogP contribution in [0.2, 0.25) is 0 Å². The lowest BCUT2D eigenvalue weighted by Gasteiger charge is -2.18. The molecule has 19 heavy (non-hydrogen) atoms. The van der Waals surface area contributed by atoms with E-state index in [1.54, 1.807) is 24.8 Å². The van der Waals surface area contributed by atoms with E-state index in [0.717, 1.165) is 28.9 Å². The fraction of sp³-hybridized carbons (Fsp3) is 0.571. The predicted molar refractivity (Wildman–Crippen MR) is 81.1 cm³/mol. The standard InChI is InChI=1S/C14H21N3OS/c1-5-6-11(7-18-4)17-13-12-9(2)10(3)19-14(12)16-8-15-13/h8,11H,5-7H2,1-4H3,(H,15,16,17). The number of aromatic nitrogens is 2. The van der Waals surface area contributed by atoms with E-state index in [1.165, 1.54) is 10.4 Å². The molecule has 0 saturated heterocycles. The van der Waals surface area contributed by atoms with Gasteiger partial charge in [-0.1, -0.05) is 13.3 Å². The molecule has 0 aliphatic heterocycles. The number of thiophene rings is 1. The minimum atomic E-state index is 0.299. The fourth-order valence-corrected chi connectivity index (χ4v) is 3.23. The van der Waals surface area contributed by atoms with Gasteiger partial charge in [0.25, 0.3) is 0 Å². The zero-order chi connectivity index (χ0) is 13.8. The lowest BCUT2D eigenvalue weighted by atomic mass is 10.1. The molecule has 2 aromatic rings. The molecule has 0 fully saturated rings. The van der Waals surface area contributed by atoms with E-state index in [2.05, 4.69) is 36.1 Å². The molecule has 1 unspecified atom stereocenters. The highest BCUT2D eigenvalue weighted by Gasteiger charge is 2.15. The Balaban J connectivity index is 2.33. The van der Waals surface area contributed by atoms with Gasteiger partial charge in [0.2, 0.25) is 0 Å². The normalized spacial score (nSPS) is 12.8. The van der Waals surface area contributed by atoms with Crippen molar-refractivity contribution in [2.45, 2.75) is 39.7 Å². The van der Waals surface area contributed by atoms with Crippen molar-refractivity contribution in [2.24, 2.45) is 0 Å². The average Bonchev–Trinajstić information content (AvgIpc) is 2.67. The van der Waals surface area contributed by atoms with Crippen LogP contribution in [0.1, 0.15) is 30.2 Å². The molecule has 0 aliphatic carbocycles. The molecule has 0 aliphatic rings. The van der Waals surface area contributed by atoms with E-state index >= 15 is 0 Å². The minimum absolute atomic E-state index is 0.299. The molecule has 0 saturated carbocycles. The summed E-state index contributed by atoms with van der Waals surface area (Å²) in [6, 6.07) is 0.299. The topological polar surface area (TPSA) is 47.0 Å². The van der Waals surface area contributed by atoms with Gasteiger partial charge < -0.3 is 10.1 Å². The molecule has 5 heteroatoms. The van der Waals surface area contributed by atoms with Gasteiger partial charge in [0.15, 0.2) is 0 Å². The summed E-state index contributed by atoms with van der Waals surface area (Å²) in [5, 5.41) is 4.66. The molecule has 1 atom stereocenters. The van der Waals surface area contributed by atoms with Gasteiger partial charge in [-0.3, -0.25) is 0 Å². The smallest absolute Gasteiger partial charge is 0.138 e. The van der Waals surface area contributed by atoms with Crippen LogP contribution >= 0.6 is 11.3 Å². The van der Waals surface area contributed by atoms with Gasteiger partial charge in [-0.15, -0.1) is 11.3 Å². The maximum Gasteiger partial charge on any atom is 0.138 e. The average molecular weight is 279 g/mol. The van der Waals surface area contributed by atoms with Crippen molar-refractivity contribution in [3.05, 3.63) is 16.8 Å². The third-order valence-electron chi connectivity index (χ3n) is 3.31. The molecular weight excluding hydrogens is 258 g/mol. The lowest BCUT2D eigenvalue weighted by Crippen LogP contribution is -2.25. The van der Waals surface area contributed by atoms with Gasteiger partial charge in [0.05, 0.1) is 18.0 Å². The molecule has 0 amide bonds. The SMILES string of the molecule is CCCC(COC)Nc1ncnc2sc(C)c(C)c12. The summed E-state index contributed by atoms with van der Waals surface area (Å²) >= 11 is 1.72. The molecule has 0 aromatic carbocycles. The second-order valence-electron chi connectivity index (χ2n) is 4.77. The summed E-state index contributed by atoms with van der Waals surface area (Å²) in [7, 11) is 1.74. The predicted octanol–water partition coefficient (Wildman–Crippen LogP) is 3.54. The van der Waals surface area contributed by atoms with E-state index in [9.17, 15) is 0 Å². The van der Waals surface area contributed by atoms with Crippen LogP contribution in [0, 0.1) is 13.8 Å². The monoisotopic (exact) mass is 279 g/mol. The Labute approximate surface area is 118 Å². The maximum absolute atomic E-state index is 5.27. The van der Waals surface area contributed by atoms with Crippen molar-refractivity contribution < 1.29 is 4.74 Å². The van der Waals surface area contributed by atoms with E-state index in [-0.39, 0.29) is 0 Å². The van der Waals surface area contributed by atoms with Crippen molar-refractivity contribution in [3.63, 3.8) is 0 Å². The largest absolute Gasteiger partial charge is 0.383 e. The maximum atomic E-state index is 5.27. The van der Waals surface area contributed by atoms with Crippen LogP contribution in [0.4, 0.5) is 5.82 Å². The quantitative estimate of drug-likeness (QED) is 0.878. The van der Waals surface area contributed by atoms with Crippen LogP contribution in [0.25, 0.3) is 10.2 Å². The van der Waals surface area contributed by atoms with E-state index < -0.39 is 0 Å². The summed E-state index contributed by atoms with van der Waals surface area (Å²) in [6.45, 7) is 7.14. The molecule has 0 bridgehead atoms. The molecule has 2 rings (SSSR count). The summed E-state index contributed by atoms with van der Waals surface area (Å²) < 4.78 is 5.27. The van der Waals surface area contributed by atoms with Gasteiger partial charge in [0.1, 0.15) is 17.0 Å². The van der Waals surface area contributed by atoms with Gasteiger partial charge in [-0.25, -0.2) is 9.97 Å². The van der Waals surface area contributed by atoms with Crippen LogP contribution in [0.15, 0.2) is 6.33 Å². The Morgan fingerprint density at radius 3 is 2.84 bits per heavy atom. The van der Waals surface area contributed by atoms with Crippen molar-refractivity contribution in [1.82, 2.24) is 9.97 Å². The van der Waals surface area contributed by atoms with Crippen molar-refractivity contribution in [1.29, 1.82) is 0 Å². The van der Waals surface area contributed by atoms with Gasteiger partial charge in [-0.05, 0) is 25.8 Å². The third-order valence-corrected chi connectivity index (χ3v) is 4.43. The number of fused-ring (bicyclic) bond motifs is 1. The van der Waals surface area contributed by atoms with Crippen LogP contribution < -0.4 is 5.32 Å². The lowest BCUT2D eigenvalue weighted by molar-refractivity contribution is 0.182. The highest BCUT2D eigenvalue weighted by atomic mass is 32.1. The number of nitrogens with zero attached hydrogens (tertiary/aromatic N) is 2. The van der Waals surface area contributed by atoms with Crippen LogP contribution in [0.5, 0.6) is 0 Å². The highest BCUT2D eigenvalue weighted by molar-refractivity contribution is 7.18. The van der Waals surface area contributed by atoms with Gasteiger partial charge in [0, 0.05) is 12.0 Å². The summed E-state index contributed by atoms with van der Waals surface area (Å²) in [5.41, 5.74) is 1.27. The molecule has 0 radical (unpaired) electrons. The van der Waals surface area contributed by atoms with Crippen LogP contribution in [0.3, 0.4) is 0 Å². The molecular formula is C14H21N3OS. The number of ether oxygens (including phenoxy) is 1. The van der Waals surface area contributed by atoms with Crippen molar-refractivity contribution in [2.75, 3.05) is 19.0 Å². The molecule has 2 aromatic heterocycles. The second kappa shape index (κ2) is 6.30. The molecule has 4 nitrogen and oxygen atoms in total. The Morgan fingerprint density at radius 1 is 1.37 bits per heavy atom. The first-order chi connectivity index (χ1) is 9.17. The minimum Gasteiger partial charge on any atom is -0.383 e. The first-order valence-electron chi connectivity index (χ1n) is 6.63. The first-order valence-corrected chi connectivity index (χ1v) is 7.45. The number of nitrogens with one attached hydrogen (secondary N) is 1. The number of anilines is 1. The summed E-state index contributed by atoms with van der Waals surface area (Å²) in [4.78, 5) is 11.1. The number of aryl methyl sites for hydroxylation is 2. The third kappa shape index (κ3) is 3.04. The molecule has 1 N–H and O–H groups in total. The number of hydrogen-bond acceptors (Lipinski definition) is 5. The fourth-order valence-electron chi connectivity index (χ4n) is 2.23. The van der Waals surface area contributed by atoms with Crippen molar-refractivity contribution in [3.8, 4) is 0 Å². The second-order valence-corrected chi connectivity index (χ2v) is 5.97. The van der Waals surface area contributed by atoms with Crippen LogP contribution in [-0.4, -0.2) is 29.7 Å². The Bertz CT molecular complexity index is 547. The number of rotatable bonds is 6. The van der Waals surface area contributed by atoms with E-state index in [0.29, 0.717) is 12.6 Å². The Morgan fingerprint density at radius 2 is 2.16 bits per heavy atom. The summed E-state index contributed by atoms with van der Waals surface area (Å²) in [5.74, 6) is 0.933. The summed E-state index contributed by atoms with van der Waals surface area (Å²) in [6.07, 6.45) is 3.83. The van der Waals surface area contributed by atoms with Gasteiger partial charge >= 0.3 is 0 Å². The van der Waals surface area contributed by atoms with E-state index in [1.807, 2.05) is 0 Å². The zero-order valence-corrected chi connectivity index (χ0v) is 12.8. The molecule has 104 valence electrons. The Hall–Kier alpha value is -1.20. The molecule has 2 heterocycles. The number of methoxy groups -OCH3 is 1. The first kappa shape index (κ1) is 14.2. The van der Waals surface area contributed by atoms with Crippen LogP contribution in [-0.2, 0) is 4.74 Å². The zero-order valence-electron chi connectivity index (χ0n) is 12.0. The Kier molecular flexibility index (Phi) is 4.71. The number of hydrogen-bond donors (Lipinski definition) is 1. The molecule has 0 spiro atoms.